The standard InChI is InChI=1S/C7H9F2IN2/c1-5(7(8)9)2-3-12-6(10)4-11/h3-4,7H,1-2,11H2/b6-4-,12-3?. The number of aliphatic imine (C=N–C) groups is 1. The number of hydrogen-bond donors (Lipinski definition) is 1. The molecule has 5 heteroatoms. The largest absolute Gasteiger partial charge is 0.402 e. The molecule has 0 unspecified atom stereocenters. The van der Waals surface area contributed by atoms with E-state index in [0.717, 1.165) is 0 Å². The van der Waals surface area contributed by atoms with Gasteiger partial charge in [0, 0.05) is 18.8 Å². The first kappa shape index (κ1) is 11.5. The smallest absolute Gasteiger partial charge is 0.260 e. The summed E-state index contributed by atoms with van der Waals surface area (Å²) in [5.74, 6) is 0. The van der Waals surface area contributed by atoms with Gasteiger partial charge < -0.3 is 5.73 Å². The Morgan fingerprint density at radius 2 is 2.25 bits per heavy atom. The summed E-state index contributed by atoms with van der Waals surface area (Å²) in [4.78, 5) is 3.77. The molecule has 0 atom stereocenters. The van der Waals surface area contributed by atoms with Crippen molar-refractivity contribution in [3.05, 3.63) is 22.1 Å². The minimum atomic E-state index is -2.48. The molecular weight excluding hydrogens is 277 g/mol. The van der Waals surface area contributed by atoms with E-state index in [1.807, 2.05) is 22.6 Å². The lowest BCUT2D eigenvalue weighted by Gasteiger charge is -1.97. The maximum absolute atomic E-state index is 11.8. The van der Waals surface area contributed by atoms with Gasteiger partial charge >= 0.3 is 0 Å². The van der Waals surface area contributed by atoms with Crippen LogP contribution in [0.2, 0.25) is 0 Å². The van der Waals surface area contributed by atoms with Crippen molar-refractivity contribution in [2.75, 3.05) is 0 Å². The van der Waals surface area contributed by atoms with Crippen LogP contribution in [0.1, 0.15) is 6.42 Å². The Bertz CT molecular complexity index is 211. The van der Waals surface area contributed by atoms with Crippen molar-refractivity contribution in [3.8, 4) is 0 Å². The van der Waals surface area contributed by atoms with E-state index >= 15 is 0 Å². The third-order valence-electron chi connectivity index (χ3n) is 1.01. The van der Waals surface area contributed by atoms with E-state index in [9.17, 15) is 8.78 Å². The molecule has 68 valence electrons. The molecule has 2 nitrogen and oxygen atoms in total. The van der Waals surface area contributed by atoms with Gasteiger partial charge in [0.25, 0.3) is 6.43 Å². The second-order valence-corrected chi connectivity index (χ2v) is 3.07. The van der Waals surface area contributed by atoms with E-state index in [0.29, 0.717) is 3.70 Å². The summed E-state index contributed by atoms with van der Waals surface area (Å²) in [6, 6.07) is 0. The summed E-state index contributed by atoms with van der Waals surface area (Å²) in [7, 11) is 0. The predicted octanol–water partition coefficient (Wildman–Crippen LogP) is 2.46. The first-order valence-corrected chi connectivity index (χ1v) is 4.21. The summed E-state index contributed by atoms with van der Waals surface area (Å²) in [6.07, 6.45) is 0.260. The zero-order valence-electron chi connectivity index (χ0n) is 6.30. The second-order valence-electron chi connectivity index (χ2n) is 1.96. The van der Waals surface area contributed by atoms with Crippen molar-refractivity contribution in [2.45, 2.75) is 12.8 Å². The fourth-order valence-corrected chi connectivity index (χ4v) is 0.579. The zero-order valence-corrected chi connectivity index (χ0v) is 8.46. The molecule has 0 fully saturated rings. The number of alkyl halides is 2. The van der Waals surface area contributed by atoms with Crippen LogP contribution >= 0.6 is 22.6 Å². The van der Waals surface area contributed by atoms with Gasteiger partial charge in [-0.15, -0.1) is 0 Å². The van der Waals surface area contributed by atoms with Gasteiger partial charge in [-0.3, -0.25) is 4.99 Å². The summed E-state index contributed by atoms with van der Waals surface area (Å²) < 4.78 is 24.2. The fourth-order valence-electron chi connectivity index (χ4n) is 0.382. The average Bonchev–Trinajstić information content (AvgIpc) is 2.03. The number of allylic oxidation sites excluding steroid dienone is 1. The van der Waals surface area contributed by atoms with E-state index in [1.54, 1.807) is 0 Å². The lowest BCUT2D eigenvalue weighted by Crippen LogP contribution is -1.95. The molecule has 0 amide bonds. The first-order chi connectivity index (χ1) is 5.57. The molecule has 0 spiro atoms. The number of nitrogens with two attached hydrogens (primary N) is 1. The van der Waals surface area contributed by atoms with Crippen LogP contribution in [0.15, 0.2) is 27.0 Å². The Hall–Kier alpha value is -0.460. The molecule has 0 saturated carbocycles. The van der Waals surface area contributed by atoms with E-state index in [1.165, 1.54) is 12.4 Å². The van der Waals surface area contributed by atoms with E-state index in [2.05, 4.69) is 11.6 Å². The van der Waals surface area contributed by atoms with E-state index < -0.39 is 6.43 Å². The summed E-state index contributed by atoms with van der Waals surface area (Å²) in [5, 5.41) is 0. The maximum Gasteiger partial charge on any atom is 0.260 e. The highest BCUT2D eigenvalue weighted by molar-refractivity contribution is 14.1. The van der Waals surface area contributed by atoms with Gasteiger partial charge in [0.2, 0.25) is 0 Å². The lowest BCUT2D eigenvalue weighted by atomic mass is 10.2. The predicted molar refractivity (Wildman–Crippen MR) is 54.5 cm³/mol. The van der Waals surface area contributed by atoms with Crippen LogP contribution < -0.4 is 5.73 Å². The van der Waals surface area contributed by atoms with Crippen molar-refractivity contribution in [2.24, 2.45) is 10.7 Å². The Balaban J connectivity index is 3.83. The lowest BCUT2D eigenvalue weighted by molar-refractivity contribution is 0.189. The number of halogens is 3. The Kier molecular flexibility index (Phi) is 5.87. The molecule has 0 bridgehead atoms. The minimum Gasteiger partial charge on any atom is -0.402 e. The monoisotopic (exact) mass is 286 g/mol. The number of hydrogen-bond acceptors (Lipinski definition) is 2. The van der Waals surface area contributed by atoms with E-state index in [4.69, 9.17) is 5.73 Å². The molecule has 0 aromatic rings. The SMILES string of the molecule is C=C(CC=N/C(I)=C\N)C(F)F. The van der Waals surface area contributed by atoms with Crippen molar-refractivity contribution in [1.29, 1.82) is 0 Å². The molecule has 0 aromatic heterocycles. The summed E-state index contributed by atoms with van der Waals surface area (Å²) >= 11 is 1.89. The highest BCUT2D eigenvalue weighted by atomic mass is 127. The van der Waals surface area contributed by atoms with E-state index in [-0.39, 0.29) is 12.0 Å². The molecule has 0 aromatic carbocycles. The Morgan fingerprint density at radius 3 is 2.67 bits per heavy atom. The molecule has 2 N–H and O–H groups in total. The fraction of sp³-hybridized carbons (Fsp3) is 0.286. The second kappa shape index (κ2) is 6.10. The van der Waals surface area contributed by atoms with Crippen molar-refractivity contribution < 1.29 is 8.78 Å². The highest BCUT2D eigenvalue weighted by Gasteiger charge is 2.05. The topological polar surface area (TPSA) is 38.4 Å². The van der Waals surface area contributed by atoms with Gasteiger partial charge in [-0.1, -0.05) is 6.58 Å². The number of rotatable bonds is 4. The van der Waals surface area contributed by atoms with Gasteiger partial charge in [0.05, 0.1) is 0 Å². The third-order valence-corrected chi connectivity index (χ3v) is 1.65. The van der Waals surface area contributed by atoms with Crippen LogP contribution in [0.5, 0.6) is 0 Å². The highest BCUT2D eigenvalue weighted by Crippen LogP contribution is 2.10. The molecule has 0 aliphatic carbocycles. The average molecular weight is 286 g/mol. The molecule has 0 aliphatic heterocycles. The minimum absolute atomic E-state index is 0.0814. The van der Waals surface area contributed by atoms with Crippen LogP contribution in [-0.2, 0) is 0 Å². The molecule has 0 saturated heterocycles. The Morgan fingerprint density at radius 1 is 1.67 bits per heavy atom. The molecular formula is C7H9F2IN2. The van der Waals surface area contributed by atoms with Gasteiger partial charge in [-0.2, -0.15) is 0 Å². The molecule has 0 radical (unpaired) electrons. The molecule has 12 heavy (non-hydrogen) atoms. The molecule has 0 rings (SSSR count). The van der Waals surface area contributed by atoms with Crippen LogP contribution in [0.25, 0.3) is 0 Å². The van der Waals surface area contributed by atoms with Crippen LogP contribution in [-0.4, -0.2) is 12.6 Å². The quantitative estimate of drug-likeness (QED) is 0.366. The first-order valence-electron chi connectivity index (χ1n) is 3.13. The van der Waals surface area contributed by atoms with Gasteiger partial charge in [0.15, 0.2) is 0 Å². The van der Waals surface area contributed by atoms with Gasteiger partial charge in [0.1, 0.15) is 3.70 Å². The maximum atomic E-state index is 11.8. The van der Waals surface area contributed by atoms with Gasteiger partial charge in [-0.05, 0) is 28.2 Å². The van der Waals surface area contributed by atoms with Crippen LogP contribution in [0.4, 0.5) is 8.78 Å². The van der Waals surface area contributed by atoms with Crippen LogP contribution in [0, 0.1) is 0 Å². The summed E-state index contributed by atoms with van der Waals surface area (Å²) in [6.45, 7) is 3.18. The third kappa shape index (κ3) is 5.22. The number of nitrogens with zero attached hydrogens (tertiary/aromatic N) is 1. The summed E-state index contributed by atoms with van der Waals surface area (Å²) in [5.41, 5.74) is 4.96. The van der Waals surface area contributed by atoms with Gasteiger partial charge in [-0.25, -0.2) is 8.78 Å². The van der Waals surface area contributed by atoms with Crippen molar-refractivity contribution in [1.82, 2.24) is 0 Å². The van der Waals surface area contributed by atoms with Crippen LogP contribution in [0.3, 0.4) is 0 Å². The molecule has 0 aliphatic rings. The normalized spacial score (nSPS) is 12.8. The molecule has 0 heterocycles. The van der Waals surface area contributed by atoms with Crippen molar-refractivity contribution in [3.63, 3.8) is 0 Å². The Labute approximate surface area is 83.4 Å². The zero-order chi connectivity index (χ0) is 9.56. The van der Waals surface area contributed by atoms with Crippen molar-refractivity contribution >= 4 is 28.8 Å².